The molecule has 2 N–H and O–H groups in total. The summed E-state index contributed by atoms with van der Waals surface area (Å²) in [6.45, 7) is 2.53. The number of halogens is 1. The minimum absolute atomic E-state index is 0.00621. The lowest BCUT2D eigenvalue weighted by Crippen LogP contribution is -2.32. The van der Waals surface area contributed by atoms with Crippen molar-refractivity contribution in [1.82, 2.24) is 5.32 Å². The summed E-state index contributed by atoms with van der Waals surface area (Å²) in [6, 6.07) is 12.3. The van der Waals surface area contributed by atoms with Crippen LogP contribution >= 0.6 is 0 Å². The number of nitrogens with one attached hydrogen (secondary N) is 2. The van der Waals surface area contributed by atoms with Crippen molar-refractivity contribution in [2.75, 3.05) is 29.0 Å². The van der Waals surface area contributed by atoms with E-state index >= 15 is 0 Å². The minimum Gasteiger partial charge on any atom is -0.352 e. The number of carbonyl (C=O) groups excluding carboxylic acids is 2. The van der Waals surface area contributed by atoms with Crippen LogP contribution in [0.1, 0.15) is 43.0 Å². The van der Waals surface area contributed by atoms with Gasteiger partial charge in [-0.3, -0.25) is 13.9 Å². The molecule has 9 heteroatoms. The third-order valence-corrected chi connectivity index (χ3v) is 5.73. The van der Waals surface area contributed by atoms with Gasteiger partial charge in [0.15, 0.2) is 0 Å². The first-order valence-corrected chi connectivity index (χ1v) is 12.0. The summed E-state index contributed by atoms with van der Waals surface area (Å²) < 4.78 is 39.2. The molecule has 7 nitrogen and oxygen atoms in total. The quantitative estimate of drug-likeness (QED) is 0.513. The van der Waals surface area contributed by atoms with Gasteiger partial charge in [-0.2, -0.15) is 0 Å². The van der Waals surface area contributed by atoms with Crippen molar-refractivity contribution >= 4 is 33.2 Å². The van der Waals surface area contributed by atoms with E-state index in [1.54, 1.807) is 30.3 Å². The molecule has 0 spiro atoms. The molecule has 0 aromatic heterocycles. The van der Waals surface area contributed by atoms with Crippen LogP contribution in [0.2, 0.25) is 0 Å². The van der Waals surface area contributed by atoms with Gasteiger partial charge in [0.25, 0.3) is 5.91 Å². The lowest BCUT2D eigenvalue weighted by molar-refractivity contribution is -0.116. The molecule has 0 saturated heterocycles. The number of para-hydroxylation sites is 2. The monoisotopic (exact) mass is 449 g/mol. The minimum atomic E-state index is -3.72. The van der Waals surface area contributed by atoms with Crippen LogP contribution < -0.4 is 14.9 Å². The molecule has 2 aromatic rings. The second-order valence-electron chi connectivity index (χ2n) is 7.09. The maximum Gasteiger partial charge on any atom is 0.253 e. The number of hydrogen-bond donors (Lipinski definition) is 2. The zero-order valence-electron chi connectivity index (χ0n) is 17.7. The van der Waals surface area contributed by atoms with Crippen LogP contribution in [0.15, 0.2) is 48.5 Å². The number of carbonyl (C=O) groups is 2. The van der Waals surface area contributed by atoms with Crippen LogP contribution in [0.5, 0.6) is 0 Å². The van der Waals surface area contributed by atoms with Gasteiger partial charge in [0, 0.05) is 19.5 Å². The van der Waals surface area contributed by atoms with E-state index in [2.05, 4.69) is 10.6 Å². The molecule has 0 atom stereocenters. The van der Waals surface area contributed by atoms with Gasteiger partial charge in [0.1, 0.15) is 5.82 Å². The second-order valence-corrected chi connectivity index (χ2v) is 9.00. The lowest BCUT2D eigenvalue weighted by Gasteiger charge is -2.22. The molecule has 0 heterocycles. The summed E-state index contributed by atoms with van der Waals surface area (Å²) in [5.74, 6) is -1.29. The molecule has 168 valence electrons. The van der Waals surface area contributed by atoms with Crippen molar-refractivity contribution in [1.29, 1.82) is 0 Å². The van der Waals surface area contributed by atoms with Crippen LogP contribution in [-0.2, 0) is 14.8 Å². The third-order valence-electron chi connectivity index (χ3n) is 4.55. The first-order chi connectivity index (χ1) is 14.7. The molecule has 0 fully saturated rings. The van der Waals surface area contributed by atoms with Crippen molar-refractivity contribution in [3.8, 4) is 0 Å². The Balaban J connectivity index is 1.99. The molecule has 2 amide bonds. The zero-order chi connectivity index (χ0) is 22.9. The van der Waals surface area contributed by atoms with E-state index in [0.717, 1.165) is 23.4 Å². The lowest BCUT2D eigenvalue weighted by atomic mass is 10.1. The van der Waals surface area contributed by atoms with Crippen LogP contribution in [0, 0.1) is 5.82 Å². The normalized spacial score (nSPS) is 11.1. The summed E-state index contributed by atoms with van der Waals surface area (Å²) in [6.07, 6.45) is 2.99. The molecule has 0 unspecified atom stereocenters. The Labute approximate surface area is 182 Å². The molecule has 0 aliphatic rings. The van der Waals surface area contributed by atoms with Crippen molar-refractivity contribution in [2.45, 2.75) is 32.6 Å². The van der Waals surface area contributed by atoms with Gasteiger partial charge in [-0.05, 0) is 37.1 Å². The highest BCUT2D eigenvalue weighted by molar-refractivity contribution is 7.92. The molecule has 2 rings (SSSR count). The molecule has 31 heavy (non-hydrogen) atoms. The van der Waals surface area contributed by atoms with Crippen molar-refractivity contribution in [2.24, 2.45) is 0 Å². The van der Waals surface area contributed by atoms with Crippen LogP contribution in [0.4, 0.5) is 15.8 Å². The fourth-order valence-corrected chi connectivity index (χ4v) is 3.94. The number of hydrogen-bond acceptors (Lipinski definition) is 4. The van der Waals surface area contributed by atoms with Crippen molar-refractivity contribution in [3.05, 3.63) is 59.9 Å². The van der Waals surface area contributed by atoms with Gasteiger partial charge < -0.3 is 10.6 Å². The van der Waals surface area contributed by atoms with Gasteiger partial charge in [-0.25, -0.2) is 12.8 Å². The smallest absolute Gasteiger partial charge is 0.253 e. The summed E-state index contributed by atoms with van der Waals surface area (Å²) in [5.41, 5.74) is 0.686. The Kier molecular flexibility index (Phi) is 8.99. The predicted molar refractivity (Wildman–Crippen MR) is 120 cm³/mol. The van der Waals surface area contributed by atoms with Gasteiger partial charge in [0.05, 0.1) is 23.2 Å². The summed E-state index contributed by atoms with van der Waals surface area (Å²) >= 11 is 0. The van der Waals surface area contributed by atoms with Crippen molar-refractivity contribution in [3.63, 3.8) is 0 Å². The summed E-state index contributed by atoms with van der Waals surface area (Å²) in [7, 11) is -3.72. The largest absolute Gasteiger partial charge is 0.352 e. The van der Waals surface area contributed by atoms with Gasteiger partial charge in [-0.15, -0.1) is 0 Å². The van der Waals surface area contributed by atoms with Gasteiger partial charge in [-0.1, -0.05) is 37.6 Å². The number of nitrogens with zero attached hydrogens (tertiary/aromatic N) is 1. The predicted octanol–water partition coefficient (Wildman–Crippen LogP) is 3.54. The Bertz CT molecular complexity index is 1010. The fraction of sp³-hybridized carbons (Fsp3) is 0.364. The van der Waals surface area contributed by atoms with E-state index in [9.17, 15) is 22.4 Å². The molecule has 0 aliphatic carbocycles. The Morgan fingerprint density at radius 3 is 2.39 bits per heavy atom. The summed E-state index contributed by atoms with van der Waals surface area (Å²) in [5, 5.41) is 5.52. The molecule has 0 bridgehead atoms. The topological polar surface area (TPSA) is 95.6 Å². The van der Waals surface area contributed by atoms with E-state index in [-0.39, 0.29) is 36.9 Å². The Morgan fingerprint density at radius 2 is 1.71 bits per heavy atom. The third kappa shape index (κ3) is 7.36. The number of sulfonamides is 1. The number of rotatable bonds is 11. The first kappa shape index (κ1) is 24.3. The van der Waals surface area contributed by atoms with E-state index in [0.29, 0.717) is 17.8 Å². The molecule has 0 saturated carbocycles. The maximum atomic E-state index is 14.1. The molecule has 0 aliphatic heterocycles. The standard InChI is InChI=1S/C22H28FN3O4S/c1-3-4-15-24-22(28)17-10-5-7-12-19(17)25-21(27)14-9-16-26(31(2,29)30)20-13-8-6-11-18(20)23/h5-8,10-13H,3-4,9,14-16H2,1-2H3,(H,24,28)(H,25,27). The Morgan fingerprint density at radius 1 is 1.03 bits per heavy atom. The average molecular weight is 450 g/mol. The van der Waals surface area contributed by atoms with E-state index in [1.807, 2.05) is 6.92 Å². The highest BCUT2D eigenvalue weighted by Crippen LogP contribution is 2.22. The molecule has 2 aromatic carbocycles. The number of benzene rings is 2. The van der Waals surface area contributed by atoms with E-state index < -0.39 is 15.8 Å². The SMILES string of the molecule is CCCCNC(=O)c1ccccc1NC(=O)CCCN(c1ccccc1F)S(C)(=O)=O. The highest BCUT2D eigenvalue weighted by Gasteiger charge is 2.20. The molecular formula is C22H28FN3O4S. The number of anilines is 2. The van der Waals surface area contributed by atoms with Gasteiger partial charge in [0.2, 0.25) is 15.9 Å². The van der Waals surface area contributed by atoms with Crippen LogP contribution in [-0.4, -0.2) is 39.6 Å². The Hall–Kier alpha value is -2.94. The second kappa shape index (κ2) is 11.5. The highest BCUT2D eigenvalue weighted by atomic mass is 32.2. The van der Waals surface area contributed by atoms with Gasteiger partial charge >= 0.3 is 0 Å². The summed E-state index contributed by atoms with van der Waals surface area (Å²) in [4.78, 5) is 24.8. The average Bonchev–Trinajstić information content (AvgIpc) is 2.71. The first-order valence-electron chi connectivity index (χ1n) is 10.1. The number of unbranched alkanes of at least 4 members (excludes halogenated alkanes) is 1. The van der Waals surface area contributed by atoms with E-state index in [1.165, 1.54) is 18.2 Å². The van der Waals surface area contributed by atoms with Crippen LogP contribution in [0.3, 0.4) is 0 Å². The van der Waals surface area contributed by atoms with Crippen molar-refractivity contribution < 1.29 is 22.4 Å². The molecule has 0 radical (unpaired) electrons. The van der Waals surface area contributed by atoms with Crippen LogP contribution in [0.25, 0.3) is 0 Å². The number of amides is 2. The zero-order valence-corrected chi connectivity index (χ0v) is 18.5. The maximum absolute atomic E-state index is 14.1. The van der Waals surface area contributed by atoms with E-state index in [4.69, 9.17) is 0 Å². The molecular weight excluding hydrogens is 421 g/mol. The fourth-order valence-electron chi connectivity index (χ4n) is 2.98.